The second-order valence-electron chi connectivity index (χ2n) is 3.74. The Bertz CT molecular complexity index is 204. The number of carbonyl (C=O) groups excluding carboxylic acids is 1. The average Bonchev–Trinajstić information content (AvgIpc) is 2.10. The van der Waals surface area contributed by atoms with Gasteiger partial charge in [0.05, 0.1) is 18.6 Å². The summed E-state index contributed by atoms with van der Waals surface area (Å²) in [5.41, 5.74) is -0.729. The molecular formula is C9H18ClNO3. The quantitative estimate of drug-likeness (QED) is 0.678. The van der Waals surface area contributed by atoms with Crippen molar-refractivity contribution in [1.29, 1.82) is 0 Å². The van der Waals surface area contributed by atoms with Crippen molar-refractivity contribution in [3.63, 3.8) is 0 Å². The van der Waals surface area contributed by atoms with Gasteiger partial charge in [-0.05, 0) is 26.8 Å². The molecule has 0 aromatic heterocycles. The molecule has 1 aliphatic carbocycles. The molecule has 14 heavy (non-hydrogen) atoms. The lowest BCUT2D eigenvalue weighted by Gasteiger charge is -2.45. The van der Waals surface area contributed by atoms with Crippen LogP contribution in [-0.2, 0) is 9.53 Å². The molecule has 0 spiro atoms. The van der Waals surface area contributed by atoms with Crippen molar-refractivity contribution in [3.05, 3.63) is 0 Å². The van der Waals surface area contributed by atoms with Crippen LogP contribution in [0, 0.1) is 5.92 Å². The molecule has 1 saturated carbocycles. The number of methoxy groups -OCH3 is 1. The van der Waals surface area contributed by atoms with Crippen LogP contribution >= 0.6 is 12.4 Å². The van der Waals surface area contributed by atoms with E-state index >= 15 is 0 Å². The van der Waals surface area contributed by atoms with Crippen LogP contribution in [0.1, 0.15) is 19.8 Å². The van der Waals surface area contributed by atoms with Crippen molar-refractivity contribution in [1.82, 2.24) is 5.32 Å². The number of hydrogen-bond acceptors (Lipinski definition) is 4. The van der Waals surface area contributed by atoms with E-state index in [0.717, 1.165) is 0 Å². The molecule has 0 heterocycles. The van der Waals surface area contributed by atoms with E-state index in [0.29, 0.717) is 12.8 Å². The van der Waals surface area contributed by atoms with Gasteiger partial charge in [0.15, 0.2) is 0 Å². The highest BCUT2D eigenvalue weighted by atomic mass is 35.5. The zero-order valence-corrected chi connectivity index (χ0v) is 9.56. The molecule has 0 bridgehead atoms. The van der Waals surface area contributed by atoms with Gasteiger partial charge in [-0.2, -0.15) is 0 Å². The van der Waals surface area contributed by atoms with Crippen LogP contribution in [0.4, 0.5) is 0 Å². The minimum atomic E-state index is -0.729. The third kappa shape index (κ3) is 2.38. The highest BCUT2D eigenvalue weighted by Gasteiger charge is 2.49. The number of likely N-dealkylation sites (N-methyl/N-ethyl adjacent to an activating group) is 1. The predicted molar refractivity (Wildman–Crippen MR) is 55.5 cm³/mol. The molecule has 84 valence electrons. The topological polar surface area (TPSA) is 58.6 Å². The number of halogens is 1. The second kappa shape index (κ2) is 4.96. The molecule has 0 aromatic rings. The lowest BCUT2D eigenvalue weighted by atomic mass is 9.67. The minimum absolute atomic E-state index is 0. The Balaban J connectivity index is 0.00000169. The standard InChI is InChI=1S/C9H17NO3.ClH/c1-6(10-2)9(12)4-7(5-9)8(11)13-3;/h6-7,10,12H,4-5H2,1-3H3;1H. The molecule has 4 nitrogen and oxygen atoms in total. The molecule has 0 aliphatic heterocycles. The summed E-state index contributed by atoms with van der Waals surface area (Å²) < 4.78 is 4.59. The number of ether oxygens (including phenoxy) is 1. The summed E-state index contributed by atoms with van der Waals surface area (Å²) in [4.78, 5) is 11.0. The summed E-state index contributed by atoms with van der Waals surface area (Å²) in [6, 6.07) is 0.0217. The van der Waals surface area contributed by atoms with Crippen LogP contribution in [0.3, 0.4) is 0 Å². The van der Waals surface area contributed by atoms with E-state index in [2.05, 4.69) is 10.1 Å². The molecule has 0 radical (unpaired) electrons. The smallest absolute Gasteiger partial charge is 0.308 e. The third-order valence-corrected chi connectivity index (χ3v) is 2.97. The number of nitrogens with one attached hydrogen (secondary N) is 1. The van der Waals surface area contributed by atoms with E-state index in [4.69, 9.17) is 0 Å². The van der Waals surface area contributed by atoms with Gasteiger partial charge < -0.3 is 15.2 Å². The highest BCUT2D eigenvalue weighted by molar-refractivity contribution is 5.85. The van der Waals surface area contributed by atoms with Crippen LogP contribution in [0.2, 0.25) is 0 Å². The van der Waals surface area contributed by atoms with Crippen molar-refractivity contribution >= 4 is 18.4 Å². The van der Waals surface area contributed by atoms with Crippen LogP contribution in [0.5, 0.6) is 0 Å². The fourth-order valence-corrected chi connectivity index (χ4v) is 1.75. The van der Waals surface area contributed by atoms with E-state index < -0.39 is 5.60 Å². The Hall–Kier alpha value is -0.320. The third-order valence-electron chi connectivity index (χ3n) is 2.97. The van der Waals surface area contributed by atoms with Gasteiger partial charge in [-0.15, -0.1) is 12.4 Å². The summed E-state index contributed by atoms with van der Waals surface area (Å²) in [6.45, 7) is 1.91. The molecule has 1 aliphatic rings. The summed E-state index contributed by atoms with van der Waals surface area (Å²) in [7, 11) is 3.18. The number of carbonyl (C=O) groups is 1. The number of aliphatic hydroxyl groups is 1. The Morgan fingerprint density at radius 1 is 1.64 bits per heavy atom. The first-order valence-corrected chi connectivity index (χ1v) is 4.51. The zero-order valence-electron chi connectivity index (χ0n) is 8.74. The van der Waals surface area contributed by atoms with E-state index in [1.54, 1.807) is 7.05 Å². The fourth-order valence-electron chi connectivity index (χ4n) is 1.75. The van der Waals surface area contributed by atoms with Crippen molar-refractivity contribution in [2.24, 2.45) is 5.92 Å². The molecule has 1 fully saturated rings. The Morgan fingerprint density at radius 2 is 2.14 bits per heavy atom. The van der Waals surface area contributed by atoms with Gasteiger partial charge in [0, 0.05) is 6.04 Å². The second-order valence-corrected chi connectivity index (χ2v) is 3.74. The summed E-state index contributed by atoms with van der Waals surface area (Å²) in [5.74, 6) is -0.334. The largest absolute Gasteiger partial charge is 0.469 e. The van der Waals surface area contributed by atoms with Crippen LogP contribution in [0.25, 0.3) is 0 Å². The van der Waals surface area contributed by atoms with E-state index in [1.807, 2.05) is 6.92 Å². The molecule has 2 N–H and O–H groups in total. The monoisotopic (exact) mass is 223 g/mol. The van der Waals surface area contributed by atoms with Gasteiger partial charge in [0.2, 0.25) is 0 Å². The first-order valence-electron chi connectivity index (χ1n) is 4.51. The molecule has 0 amide bonds. The van der Waals surface area contributed by atoms with Crippen LogP contribution in [0.15, 0.2) is 0 Å². The number of hydrogen-bond donors (Lipinski definition) is 2. The van der Waals surface area contributed by atoms with Crippen molar-refractivity contribution < 1.29 is 14.6 Å². The predicted octanol–water partition coefficient (Wildman–Crippen LogP) is 0.330. The molecule has 0 aromatic carbocycles. The first-order chi connectivity index (χ1) is 6.03. The van der Waals surface area contributed by atoms with Crippen LogP contribution in [-0.4, -0.2) is 36.9 Å². The molecule has 0 saturated heterocycles. The maximum absolute atomic E-state index is 11.0. The van der Waals surface area contributed by atoms with E-state index in [1.165, 1.54) is 7.11 Å². The van der Waals surface area contributed by atoms with Gasteiger partial charge in [0.25, 0.3) is 0 Å². The average molecular weight is 224 g/mol. The normalized spacial score (nSPS) is 32.4. The molecule has 1 unspecified atom stereocenters. The van der Waals surface area contributed by atoms with E-state index in [9.17, 15) is 9.90 Å². The van der Waals surface area contributed by atoms with Gasteiger partial charge in [-0.25, -0.2) is 0 Å². The van der Waals surface area contributed by atoms with E-state index in [-0.39, 0.29) is 30.3 Å². The van der Waals surface area contributed by atoms with Crippen molar-refractivity contribution in [2.45, 2.75) is 31.4 Å². The van der Waals surface area contributed by atoms with Gasteiger partial charge >= 0.3 is 5.97 Å². The lowest BCUT2D eigenvalue weighted by Crippen LogP contribution is -2.58. The highest BCUT2D eigenvalue weighted by Crippen LogP contribution is 2.40. The molecule has 5 heteroatoms. The van der Waals surface area contributed by atoms with Gasteiger partial charge in [-0.3, -0.25) is 4.79 Å². The zero-order chi connectivity index (χ0) is 10.1. The number of rotatable bonds is 3. The maximum Gasteiger partial charge on any atom is 0.308 e. The maximum atomic E-state index is 11.0. The SMILES string of the molecule is CNC(C)C1(O)CC(C(=O)OC)C1.Cl. The summed E-state index contributed by atoms with van der Waals surface area (Å²) in [5, 5.41) is 12.9. The molecular weight excluding hydrogens is 206 g/mol. The molecule has 1 rings (SSSR count). The minimum Gasteiger partial charge on any atom is -0.469 e. The first kappa shape index (κ1) is 13.7. The molecule has 1 atom stereocenters. The Kier molecular flexibility index (Phi) is 4.84. The van der Waals surface area contributed by atoms with Gasteiger partial charge in [0.1, 0.15) is 0 Å². The Labute approximate surface area is 90.4 Å². The van der Waals surface area contributed by atoms with Crippen molar-refractivity contribution in [3.8, 4) is 0 Å². The lowest BCUT2D eigenvalue weighted by molar-refractivity contribution is -0.164. The van der Waals surface area contributed by atoms with Crippen molar-refractivity contribution in [2.75, 3.05) is 14.2 Å². The Morgan fingerprint density at radius 3 is 2.50 bits per heavy atom. The summed E-state index contributed by atoms with van der Waals surface area (Å²) >= 11 is 0. The van der Waals surface area contributed by atoms with Crippen LogP contribution < -0.4 is 5.32 Å². The summed E-state index contributed by atoms with van der Waals surface area (Å²) in [6.07, 6.45) is 1.00. The fraction of sp³-hybridized carbons (Fsp3) is 0.889. The number of esters is 1. The van der Waals surface area contributed by atoms with Gasteiger partial charge in [-0.1, -0.05) is 0 Å².